The van der Waals surface area contributed by atoms with Crippen molar-refractivity contribution in [2.45, 2.75) is 65.9 Å². The Morgan fingerprint density at radius 2 is 1.74 bits per heavy atom. The quantitative estimate of drug-likeness (QED) is 0.163. The summed E-state index contributed by atoms with van der Waals surface area (Å²) in [5, 5.41) is 21.9. The van der Waals surface area contributed by atoms with Gasteiger partial charge >= 0.3 is 5.97 Å². The van der Waals surface area contributed by atoms with E-state index in [1.54, 1.807) is 31.1 Å². The van der Waals surface area contributed by atoms with E-state index in [1.165, 1.54) is 11.1 Å². The van der Waals surface area contributed by atoms with E-state index in [2.05, 4.69) is 48.9 Å². The number of hydrogen-bond donors (Lipinski definition) is 3. The number of aliphatic carboxylic acids is 1. The van der Waals surface area contributed by atoms with Gasteiger partial charge in [-0.3, -0.25) is 14.6 Å². The Kier molecular flexibility index (Phi) is 16.4. The number of nitrogens with zero attached hydrogens (tertiary/aromatic N) is 2. The smallest absolute Gasteiger partial charge is 0.303 e. The topological polar surface area (TPSA) is 111 Å². The third-order valence-corrected chi connectivity index (χ3v) is 7.15. The van der Waals surface area contributed by atoms with Crippen molar-refractivity contribution in [3.05, 3.63) is 95.3 Å². The monoisotopic (exact) mass is 591 g/mol. The average molecular weight is 592 g/mol. The van der Waals surface area contributed by atoms with Crippen LogP contribution in [0.25, 0.3) is 0 Å². The number of ether oxygens (including phenoxy) is 1. The lowest BCUT2D eigenvalue weighted by Crippen LogP contribution is -2.47. The van der Waals surface area contributed by atoms with E-state index in [0.717, 1.165) is 23.4 Å². The lowest BCUT2D eigenvalue weighted by molar-refractivity contribution is -0.136. The Hall–Kier alpha value is -4.17. The number of carbonyl (C=O) groups is 2. The number of rotatable bonds is 9. The van der Waals surface area contributed by atoms with E-state index in [4.69, 9.17) is 9.84 Å². The summed E-state index contributed by atoms with van der Waals surface area (Å²) in [7, 11) is 3.43. The molecule has 3 rings (SSSR count). The molecule has 1 saturated heterocycles. The van der Waals surface area contributed by atoms with Crippen molar-refractivity contribution < 1.29 is 24.5 Å². The predicted molar refractivity (Wildman–Crippen MR) is 177 cm³/mol. The second-order valence-corrected chi connectivity index (χ2v) is 9.99. The number of piperidine rings is 1. The molecule has 43 heavy (non-hydrogen) atoms. The molecule has 0 unspecified atom stereocenters. The molecular weight excluding hydrogens is 542 g/mol. The fourth-order valence-electron chi connectivity index (χ4n) is 4.50. The molecule has 234 valence electrons. The van der Waals surface area contributed by atoms with Crippen molar-refractivity contribution in [3.8, 4) is 0 Å². The van der Waals surface area contributed by atoms with E-state index < -0.39 is 11.6 Å². The van der Waals surface area contributed by atoms with Gasteiger partial charge in [-0.1, -0.05) is 56.9 Å². The predicted octanol–water partition coefficient (Wildman–Crippen LogP) is 7.12. The minimum absolute atomic E-state index is 0.00895. The summed E-state index contributed by atoms with van der Waals surface area (Å²) < 4.78 is 5.34. The van der Waals surface area contributed by atoms with Crippen LogP contribution in [-0.2, 0) is 16.0 Å². The van der Waals surface area contributed by atoms with Gasteiger partial charge in [-0.2, -0.15) is 0 Å². The van der Waals surface area contributed by atoms with Gasteiger partial charge in [0.15, 0.2) is 0 Å². The molecule has 2 aromatic rings. The SMILES string of the molecule is C=C/C=C\C(=C(/C)OC)C1(O)CCN(C(=O)c2ccc(NC)cc2)CC1.CC=Nc1c(C)cccc1CC.CCC(=O)O. The van der Waals surface area contributed by atoms with Crippen LogP contribution >= 0.6 is 0 Å². The summed E-state index contributed by atoms with van der Waals surface area (Å²) in [5.74, 6) is -0.0802. The Labute approximate surface area is 257 Å². The Bertz CT molecular complexity index is 1270. The normalized spacial score (nSPS) is 14.6. The maximum atomic E-state index is 12.7. The van der Waals surface area contributed by atoms with Gasteiger partial charge in [0.25, 0.3) is 5.91 Å². The lowest BCUT2D eigenvalue weighted by Gasteiger charge is -2.39. The van der Waals surface area contributed by atoms with Crippen LogP contribution in [0.15, 0.2) is 83.6 Å². The number of methoxy groups -OCH3 is 1. The molecule has 0 spiro atoms. The number of carbonyl (C=O) groups excluding carboxylic acids is 1. The van der Waals surface area contributed by atoms with Crippen LogP contribution in [-0.4, -0.2) is 66.1 Å². The van der Waals surface area contributed by atoms with Crippen molar-refractivity contribution in [1.82, 2.24) is 4.90 Å². The van der Waals surface area contributed by atoms with Crippen molar-refractivity contribution in [3.63, 3.8) is 0 Å². The van der Waals surface area contributed by atoms with Crippen LogP contribution in [0.2, 0.25) is 0 Å². The summed E-state index contributed by atoms with van der Waals surface area (Å²) in [6.45, 7) is 14.3. The van der Waals surface area contributed by atoms with Crippen molar-refractivity contribution in [2.24, 2.45) is 4.99 Å². The molecule has 0 aromatic heterocycles. The number of aryl methyl sites for hydroxylation is 2. The van der Waals surface area contributed by atoms with Crippen molar-refractivity contribution in [1.29, 1.82) is 0 Å². The summed E-state index contributed by atoms with van der Waals surface area (Å²) in [6, 6.07) is 13.7. The molecule has 0 radical (unpaired) electrons. The van der Waals surface area contributed by atoms with Crippen LogP contribution in [0.1, 0.15) is 68.4 Å². The number of likely N-dealkylation sites (tertiary alicyclic amines) is 1. The minimum Gasteiger partial charge on any atom is -0.501 e. The zero-order valence-electron chi connectivity index (χ0n) is 26.8. The van der Waals surface area contributed by atoms with Gasteiger partial charge in [-0.25, -0.2) is 0 Å². The zero-order valence-corrected chi connectivity index (χ0v) is 26.8. The molecule has 8 heteroatoms. The van der Waals surface area contributed by atoms with Crippen LogP contribution in [0.3, 0.4) is 0 Å². The van der Waals surface area contributed by atoms with Gasteiger partial charge in [-0.15, -0.1) is 0 Å². The first-order valence-electron chi connectivity index (χ1n) is 14.6. The van der Waals surface area contributed by atoms with Gasteiger partial charge in [0.1, 0.15) is 0 Å². The number of carboxylic acids is 1. The maximum absolute atomic E-state index is 12.7. The van der Waals surface area contributed by atoms with Crippen LogP contribution in [0.5, 0.6) is 0 Å². The third-order valence-electron chi connectivity index (χ3n) is 7.15. The standard InChI is InChI=1S/C21H28N2O3.C11H15N.C3H6O2/c1-5-6-7-19(16(2)26-4)21(25)12-14-23(15-13-21)20(24)17-8-10-18(22-3)11-9-17;1-4-10-8-6-7-9(3)11(10)12-5-2;1-2-3(4)5/h5-11,22,25H,1,12-15H2,2-4H3;5-8H,4H2,1-3H3;2H2,1H3,(H,4,5)/b7-6-,19-16-;;. The fraction of sp³-hybridized carbons (Fsp3) is 0.400. The number of amides is 1. The molecule has 3 N–H and O–H groups in total. The van der Waals surface area contributed by atoms with Gasteiger partial charge in [-0.05, 0) is 75.4 Å². The average Bonchev–Trinajstić information content (AvgIpc) is 3.02. The molecule has 1 heterocycles. The largest absolute Gasteiger partial charge is 0.501 e. The van der Waals surface area contributed by atoms with E-state index in [0.29, 0.717) is 37.3 Å². The molecule has 0 aliphatic carbocycles. The molecule has 1 amide bonds. The van der Waals surface area contributed by atoms with E-state index in [-0.39, 0.29) is 12.3 Å². The Morgan fingerprint density at radius 3 is 2.21 bits per heavy atom. The third kappa shape index (κ3) is 11.6. The minimum atomic E-state index is -1.01. The maximum Gasteiger partial charge on any atom is 0.303 e. The Balaban J connectivity index is 0.000000447. The molecule has 0 saturated carbocycles. The first-order chi connectivity index (χ1) is 20.5. The van der Waals surface area contributed by atoms with E-state index in [9.17, 15) is 14.7 Å². The number of hydrogen-bond acceptors (Lipinski definition) is 6. The number of nitrogens with one attached hydrogen (secondary N) is 1. The molecule has 1 aliphatic heterocycles. The highest BCUT2D eigenvalue weighted by molar-refractivity contribution is 5.94. The lowest BCUT2D eigenvalue weighted by atomic mass is 9.83. The molecule has 8 nitrogen and oxygen atoms in total. The molecule has 0 bridgehead atoms. The van der Waals surface area contributed by atoms with Crippen LogP contribution in [0.4, 0.5) is 11.4 Å². The highest BCUT2D eigenvalue weighted by Crippen LogP contribution is 2.33. The number of aliphatic imine (C=N–C) groups is 1. The molecule has 0 atom stereocenters. The van der Waals surface area contributed by atoms with E-state index >= 15 is 0 Å². The highest BCUT2D eigenvalue weighted by Gasteiger charge is 2.37. The molecule has 2 aromatic carbocycles. The summed E-state index contributed by atoms with van der Waals surface area (Å²) in [6.07, 6.45) is 9.34. The Morgan fingerprint density at radius 1 is 1.14 bits per heavy atom. The van der Waals surface area contributed by atoms with Gasteiger partial charge in [0.05, 0.1) is 24.2 Å². The number of para-hydroxylation sites is 1. The summed E-state index contributed by atoms with van der Waals surface area (Å²) in [5.41, 5.74) is 5.08. The van der Waals surface area contributed by atoms with Crippen molar-refractivity contribution in [2.75, 3.05) is 32.6 Å². The van der Waals surface area contributed by atoms with Crippen LogP contribution < -0.4 is 5.32 Å². The number of aliphatic hydroxyl groups is 1. The molecule has 1 aliphatic rings. The first-order valence-corrected chi connectivity index (χ1v) is 14.6. The first kappa shape index (κ1) is 36.9. The number of anilines is 1. The second-order valence-electron chi connectivity index (χ2n) is 9.99. The number of allylic oxidation sites excluding steroid dienone is 3. The van der Waals surface area contributed by atoms with Crippen LogP contribution in [0, 0.1) is 6.92 Å². The van der Waals surface area contributed by atoms with Crippen molar-refractivity contribution >= 4 is 29.5 Å². The van der Waals surface area contributed by atoms with E-state index in [1.807, 2.05) is 57.5 Å². The summed E-state index contributed by atoms with van der Waals surface area (Å²) in [4.78, 5) is 28.2. The fourth-order valence-corrected chi connectivity index (χ4v) is 4.50. The molecule has 1 fully saturated rings. The summed E-state index contributed by atoms with van der Waals surface area (Å²) >= 11 is 0. The number of carboxylic acid groups (broad SMARTS) is 1. The number of benzene rings is 2. The highest BCUT2D eigenvalue weighted by atomic mass is 16.5. The van der Waals surface area contributed by atoms with Gasteiger partial charge in [0, 0.05) is 49.6 Å². The van der Waals surface area contributed by atoms with Gasteiger partial charge < -0.3 is 25.2 Å². The molecular formula is C35H49N3O5. The van der Waals surface area contributed by atoms with Gasteiger partial charge in [0.2, 0.25) is 0 Å². The second kappa shape index (κ2) is 19.1. The zero-order chi connectivity index (χ0) is 32.4.